The largest absolute Gasteiger partial charge is 0.494 e. The van der Waals surface area contributed by atoms with Crippen LogP contribution in [0, 0.1) is 66.2 Å². The summed E-state index contributed by atoms with van der Waals surface area (Å²) in [6.07, 6.45) is 16.6. The molecule has 4 aromatic carbocycles. The summed E-state index contributed by atoms with van der Waals surface area (Å²) in [5.41, 5.74) is 35.1. The lowest BCUT2D eigenvalue weighted by atomic mass is 10.1. The highest BCUT2D eigenvalue weighted by molar-refractivity contribution is 6.37. The molecule has 3 saturated heterocycles. The van der Waals surface area contributed by atoms with Crippen LogP contribution in [0.15, 0.2) is 102 Å². The van der Waals surface area contributed by atoms with E-state index in [1.54, 1.807) is 59.3 Å². The Balaban J connectivity index is 0.000000124. The SMILES string of the molecule is COc1c(N)cccc1-c1c(C)nnn1C.COc1c(Nc2cc(CC(=O)C3CC3)nc3c2N=C(C)C3)cccc1-c1c(C)nnn1C.COc1c(Nc2cc(CC(=O)C3CC3)nc3c2nc(C)n3C2CCCCO2)cccc1-c1c(C)nnn1C.COc1c(Nc2cc(Cl)nc3c2nc(C)n3C2CCCCO2)cccc1-c1c(C)nnn1C.Cc1nc2c(Cl)cc(Cl)nc2n1C1CCCCO1.NC(=O)C1CC1. The van der Waals surface area contributed by atoms with E-state index < -0.39 is 0 Å². The number of methoxy groups -OCH3 is 4. The standard InChI is InChI=1S/C28H33N7O3.C24H26N6O2.C23H26ClN7O2.C12H13Cl2N3O.C11H14N4O.C4H7NO/c1-16-26(34(3)33-32-16)20-8-7-9-21(27(20)37-4)31-22-14-19(15-23(36)18-11-12-18)30-28-25(22)29-17(2)35(28)24-10-5-6-13-38-24;1-13-10-19-22(25-13)20(11-16(26-19)12-21(31)15-8-9-15)27-18-7-5-6-17(24(18)32-4)23-14(2)28-29-30(23)3;1-13-21(30(3)29-28-13)15-8-7-9-16(22(15)32-4)26-17-12-18(24)27-23-20(17)25-14(2)31(23)19-10-5-6-11-33-19;1-7-15-11-8(13)6-9(14)16-12(11)17(7)10-4-2-3-5-18-10;1-7-10(15(2)14-13-7)8-5-4-6-9(12)11(8)16-3;5-4(6)3-1-2-3/h7-9,14,18,24H,5-6,10-13,15H2,1-4H3,(H,30,31);5-7,11,15H,8-10,12H2,1-4H3,(H,26,27);7-9,12,19H,5-6,10-11H2,1-4H3,(H,26,27);6,10H,2-5H2,1H3;4-6H,12H2,1-3H3;3H,1-2H2,(H2,5,6). The summed E-state index contributed by atoms with van der Waals surface area (Å²) in [5, 5.41) is 44.8. The predicted molar refractivity (Wildman–Crippen MR) is 549 cm³/mol. The van der Waals surface area contributed by atoms with Crippen LogP contribution in [0.25, 0.3) is 78.5 Å². The van der Waals surface area contributed by atoms with Gasteiger partial charge in [-0.25, -0.2) is 48.6 Å². The zero-order valence-corrected chi connectivity index (χ0v) is 85.5. The average Bonchev–Trinajstić information content (AvgIpc) is 1.62. The number of para-hydroxylation sites is 4. The van der Waals surface area contributed by atoms with Crippen LogP contribution < -0.4 is 46.4 Å². The third-order valence-corrected chi connectivity index (χ3v) is 26.7. The molecular weight excluding hydrogens is 1880 g/mol. The lowest BCUT2D eigenvalue weighted by Crippen LogP contribution is -2.19. The summed E-state index contributed by atoms with van der Waals surface area (Å²) in [6, 6.07) is 30.7. The number of aliphatic imine (C=N–C) groups is 1. The van der Waals surface area contributed by atoms with Gasteiger partial charge in [-0.2, -0.15) is 0 Å². The monoisotopic (exact) mass is 2000 g/mol. The lowest BCUT2D eigenvalue weighted by Gasteiger charge is -2.25. The quantitative estimate of drug-likeness (QED) is 0.0277. The summed E-state index contributed by atoms with van der Waals surface area (Å²) in [6.45, 7) is 17.8. The van der Waals surface area contributed by atoms with Crippen LogP contribution in [0.1, 0.15) is 179 Å². The van der Waals surface area contributed by atoms with Gasteiger partial charge in [0, 0.05) is 119 Å². The van der Waals surface area contributed by atoms with Crippen LogP contribution in [-0.4, -0.2) is 180 Å². The number of benzene rings is 4. The maximum Gasteiger partial charge on any atom is 0.220 e. The summed E-state index contributed by atoms with van der Waals surface area (Å²) in [4.78, 5) is 72.7. The number of nitrogens with one attached hydrogen (secondary N) is 3. The van der Waals surface area contributed by atoms with Gasteiger partial charge >= 0.3 is 0 Å². The average molecular weight is 2000 g/mol. The number of anilines is 7. The van der Waals surface area contributed by atoms with Gasteiger partial charge in [0.15, 0.2) is 39.9 Å². The van der Waals surface area contributed by atoms with Gasteiger partial charge in [-0.15, -0.1) is 20.4 Å². The van der Waals surface area contributed by atoms with Gasteiger partial charge in [0.25, 0.3) is 0 Å². The van der Waals surface area contributed by atoms with E-state index in [0.29, 0.717) is 80.1 Å². The van der Waals surface area contributed by atoms with Crippen LogP contribution >= 0.6 is 34.8 Å². The fourth-order valence-corrected chi connectivity index (χ4v) is 19.5. The summed E-state index contributed by atoms with van der Waals surface area (Å²) >= 11 is 18.6. The van der Waals surface area contributed by atoms with Gasteiger partial charge in [-0.3, -0.25) is 38.1 Å². The second-order valence-electron chi connectivity index (χ2n) is 36.7. The highest BCUT2D eigenvalue weighted by Crippen LogP contribution is 2.48. The van der Waals surface area contributed by atoms with Gasteiger partial charge in [-0.05, 0) is 218 Å². The number of ketones is 2. The Morgan fingerprint density at radius 3 is 1.12 bits per heavy atom. The highest BCUT2D eigenvalue weighted by Gasteiger charge is 2.35. The van der Waals surface area contributed by atoms with Crippen LogP contribution in [0.5, 0.6) is 23.0 Å². The number of aryl methyl sites for hydroxylation is 11. The van der Waals surface area contributed by atoms with E-state index in [0.717, 1.165) is 281 Å². The van der Waals surface area contributed by atoms with E-state index in [2.05, 4.69) is 76.7 Å². The molecule has 3 unspecified atom stereocenters. The third-order valence-electron chi connectivity index (χ3n) is 26.1. The molecule has 0 bridgehead atoms. The molecule has 1 amide bonds. The summed E-state index contributed by atoms with van der Waals surface area (Å²) < 4.78 is 53.9. The summed E-state index contributed by atoms with van der Waals surface area (Å²) in [7, 11) is 14.0. The first-order valence-corrected chi connectivity index (χ1v) is 49.2. The fourth-order valence-electron chi connectivity index (χ4n) is 18.8. The van der Waals surface area contributed by atoms with E-state index >= 15 is 0 Å². The topological polar surface area (TPSA) is 444 Å². The number of carbonyl (C=O) groups excluding carboxylic acids is 3. The minimum Gasteiger partial charge on any atom is -0.494 e. The molecule has 0 spiro atoms. The van der Waals surface area contributed by atoms with Crippen molar-refractivity contribution < 1.29 is 47.5 Å². The first kappa shape index (κ1) is 101. The van der Waals surface area contributed by atoms with Gasteiger partial charge in [0.1, 0.15) is 80.3 Å². The first-order chi connectivity index (χ1) is 69.0. The molecule has 3 aliphatic carbocycles. The predicted octanol–water partition coefficient (Wildman–Crippen LogP) is 18.9. The second-order valence-corrected chi connectivity index (χ2v) is 37.9. The van der Waals surface area contributed by atoms with Crippen LogP contribution in [-0.2, 0) is 76.0 Å². The van der Waals surface area contributed by atoms with Crippen molar-refractivity contribution in [3.63, 3.8) is 0 Å². The molecule has 22 rings (SSSR count). The number of nitrogens with zero attached hydrogens (tertiary/aromatic N) is 23. The minimum absolute atomic E-state index is 0.00853. The molecule has 6 fully saturated rings. The smallest absolute Gasteiger partial charge is 0.220 e. The van der Waals surface area contributed by atoms with Gasteiger partial charge in [0.05, 0.1) is 136 Å². The Kier molecular flexibility index (Phi) is 30.9. The van der Waals surface area contributed by atoms with Crippen LogP contribution in [0.4, 0.5) is 45.5 Å². The number of amides is 1. The number of nitrogen functional groups attached to an aromatic ring is 1. The fraction of sp³-hybridized carbons (Fsp3) is 0.422. The molecule has 38 nitrogen and oxygen atoms in total. The Morgan fingerprint density at radius 2 is 0.755 bits per heavy atom. The number of ether oxygens (including phenoxy) is 7. The van der Waals surface area contributed by atoms with Gasteiger partial charge in [-0.1, -0.05) is 79.9 Å². The number of carbonyl (C=O) groups is 3. The molecule has 7 aliphatic rings. The minimum atomic E-state index is -0.130. The third kappa shape index (κ3) is 22.2. The number of rotatable bonds is 24. The zero-order valence-electron chi connectivity index (χ0n) is 83.2. The number of hydrogen-bond donors (Lipinski definition) is 5. The molecule has 748 valence electrons. The van der Waals surface area contributed by atoms with Crippen molar-refractivity contribution in [2.45, 2.75) is 190 Å². The molecular formula is C102H119Cl3N28O10. The molecule has 4 aliphatic heterocycles. The van der Waals surface area contributed by atoms with E-state index in [-0.39, 0.29) is 53.9 Å². The molecule has 7 N–H and O–H groups in total. The number of hydrogen-bond acceptors (Lipinski definition) is 30. The van der Waals surface area contributed by atoms with Crippen molar-refractivity contribution in [3.8, 4) is 68.0 Å². The number of aromatic nitrogens is 22. The molecule has 15 heterocycles. The number of nitrogens with two attached hydrogens (primary N) is 2. The van der Waals surface area contributed by atoms with E-state index in [9.17, 15) is 14.4 Å². The number of primary amides is 1. The van der Waals surface area contributed by atoms with Crippen molar-refractivity contribution in [3.05, 3.63) is 170 Å². The zero-order chi connectivity index (χ0) is 101. The first-order valence-electron chi connectivity index (χ1n) is 48.1. The highest BCUT2D eigenvalue weighted by atomic mass is 35.5. The number of pyridine rings is 4. The molecule has 3 atom stereocenters. The Morgan fingerprint density at radius 1 is 0.406 bits per heavy atom. The number of fused-ring (bicyclic) bond motifs is 4. The maximum atomic E-state index is 12.8. The molecule has 0 radical (unpaired) electrons. The number of Topliss-reactive ketones (excluding diaryl/α,β-unsaturated/α-hetero) is 2. The van der Waals surface area contributed by atoms with Crippen molar-refractivity contribution in [2.24, 2.45) is 56.7 Å². The lowest BCUT2D eigenvalue weighted by molar-refractivity contribution is -0.120. The van der Waals surface area contributed by atoms with E-state index in [1.807, 2.05) is 178 Å². The van der Waals surface area contributed by atoms with Gasteiger partial charge < -0.3 is 60.6 Å². The second kappa shape index (κ2) is 43.9. The molecule has 41 heteroatoms. The van der Waals surface area contributed by atoms with Gasteiger partial charge in [0.2, 0.25) is 5.91 Å². The Hall–Kier alpha value is -13.9. The Bertz CT molecular complexity index is 7210. The summed E-state index contributed by atoms with van der Waals surface area (Å²) in [5.74, 6) is 6.27. The normalized spacial score (nSPS) is 16.4. The maximum absolute atomic E-state index is 12.8. The molecule has 3 saturated carbocycles. The molecule has 143 heavy (non-hydrogen) atoms. The Labute approximate surface area is 842 Å². The number of imidazole rings is 3. The van der Waals surface area contributed by atoms with Crippen molar-refractivity contribution >= 4 is 137 Å². The van der Waals surface area contributed by atoms with E-state index in [4.69, 9.17) is 104 Å². The number of halogens is 3. The van der Waals surface area contributed by atoms with Crippen LogP contribution in [0.3, 0.4) is 0 Å². The molecule has 11 aromatic heterocycles. The van der Waals surface area contributed by atoms with Crippen molar-refractivity contribution in [2.75, 3.05) is 69.9 Å². The van der Waals surface area contributed by atoms with Crippen LogP contribution in [0.2, 0.25) is 15.3 Å². The van der Waals surface area contributed by atoms with E-state index in [1.165, 1.54) is 0 Å². The molecule has 15 aromatic rings. The van der Waals surface area contributed by atoms with Crippen molar-refractivity contribution in [1.82, 2.24) is 109 Å². The van der Waals surface area contributed by atoms with Crippen molar-refractivity contribution in [1.29, 1.82) is 0 Å².